The van der Waals surface area contributed by atoms with E-state index in [1.165, 1.54) is 6.07 Å². The molecule has 0 saturated carbocycles. The minimum atomic E-state index is -3.55. The average molecular weight is 345 g/mol. The van der Waals surface area contributed by atoms with Gasteiger partial charge in [-0.1, -0.05) is 11.6 Å². The van der Waals surface area contributed by atoms with Gasteiger partial charge in [-0.3, -0.25) is 0 Å². The van der Waals surface area contributed by atoms with Crippen molar-refractivity contribution in [2.75, 3.05) is 40.3 Å². The fourth-order valence-electron chi connectivity index (χ4n) is 3.25. The van der Waals surface area contributed by atoms with Crippen LogP contribution in [-0.4, -0.2) is 58.0 Å². The van der Waals surface area contributed by atoms with Crippen molar-refractivity contribution in [1.29, 1.82) is 0 Å². The third-order valence-electron chi connectivity index (χ3n) is 4.20. The monoisotopic (exact) mass is 344 g/mol. The first-order valence-electron chi connectivity index (χ1n) is 7.48. The number of sulfonamides is 1. The smallest absolute Gasteiger partial charge is 0.246 e. The second-order valence-corrected chi connectivity index (χ2v) is 8.61. The van der Waals surface area contributed by atoms with E-state index in [-0.39, 0.29) is 4.90 Å². The highest BCUT2D eigenvalue weighted by Gasteiger charge is 2.36. The highest BCUT2D eigenvalue weighted by atomic mass is 35.5. The van der Waals surface area contributed by atoms with E-state index in [4.69, 9.17) is 16.3 Å². The summed E-state index contributed by atoms with van der Waals surface area (Å²) in [5.41, 5.74) is 0.884. The van der Waals surface area contributed by atoms with Crippen LogP contribution in [0.1, 0.15) is 12.0 Å². The highest BCUT2D eigenvalue weighted by molar-refractivity contribution is 7.89. The molecule has 1 fully saturated rings. The Labute approximate surface area is 136 Å². The van der Waals surface area contributed by atoms with E-state index in [1.807, 2.05) is 14.1 Å². The summed E-state index contributed by atoms with van der Waals surface area (Å²) in [6.07, 6.45) is 1.60. The lowest BCUT2D eigenvalue weighted by Gasteiger charge is -2.19. The van der Waals surface area contributed by atoms with Crippen LogP contribution < -0.4 is 4.74 Å². The third-order valence-corrected chi connectivity index (χ3v) is 6.29. The molecule has 2 aliphatic rings. The number of benzene rings is 1. The molecule has 1 atom stereocenters. The van der Waals surface area contributed by atoms with E-state index in [0.717, 1.165) is 18.5 Å². The number of nitrogens with zero attached hydrogens (tertiary/aromatic N) is 2. The summed E-state index contributed by atoms with van der Waals surface area (Å²) >= 11 is 6.09. The Balaban J connectivity index is 1.89. The largest absolute Gasteiger partial charge is 0.492 e. The topological polar surface area (TPSA) is 49.9 Å². The normalized spacial score (nSPS) is 22.1. The van der Waals surface area contributed by atoms with E-state index in [0.29, 0.717) is 42.8 Å². The predicted octanol–water partition coefficient (Wildman–Crippen LogP) is 1.85. The van der Waals surface area contributed by atoms with Crippen LogP contribution in [0, 0.1) is 5.92 Å². The molecule has 7 heteroatoms. The molecule has 1 saturated heterocycles. The van der Waals surface area contributed by atoms with Crippen molar-refractivity contribution >= 4 is 21.6 Å². The molecular formula is C15H21ClN2O3S. The predicted molar refractivity (Wildman–Crippen MR) is 86.1 cm³/mol. The van der Waals surface area contributed by atoms with Crippen molar-refractivity contribution in [3.8, 4) is 5.75 Å². The maximum absolute atomic E-state index is 13.0. The van der Waals surface area contributed by atoms with E-state index < -0.39 is 10.0 Å². The van der Waals surface area contributed by atoms with Gasteiger partial charge in [0.1, 0.15) is 10.6 Å². The summed E-state index contributed by atoms with van der Waals surface area (Å²) in [5, 5.41) is 0.451. The van der Waals surface area contributed by atoms with Crippen LogP contribution >= 0.6 is 11.6 Å². The molecule has 2 heterocycles. The quantitative estimate of drug-likeness (QED) is 0.836. The Morgan fingerprint density at radius 2 is 2.18 bits per heavy atom. The highest BCUT2D eigenvalue weighted by Crippen LogP contribution is 2.38. The Hall–Kier alpha value is -0.820. The molecule has 0 aliphatic carbocycles. The van der Waals surface area contributed by atoms with Gasteiger partial charge in [-0.15, -0.1) is 0 Å². The van der Waals surface area contributed by atoms with Gasteiger partial charge in [-0.25, -0.2) is 8.42 Å². The molecule has 0 bridgehead atoms. The Kier molecular flexibility index (Phi) is 4.38. The van der Waals surface area contributed by atoms with Crippen LogP contribution in [-0.2, 0) is 16.4 Å². The van der Waals surface area contributed by atoms with Crippen LogP contribution in [0.25, 0.3) is 0 Å². The van der Waals surface area contributed by atoms with Gasteiger partial charge < -0.3 is 9.64 Å². The number of halogens is 1. The summed E-state index contributed by atoms with van der Waals surface area (Å²) in [7, 11) is 0.468. The summed E-state index contributed by atoms with van der Waals surface area (Å²) in [6.45, 7) is 2.53. The van der Waals surface area contributed by atoms with Crippen molar-refractivity contribution in [3.63, 3.8) is 0 Å². The number of hydrogen-bond donors (Lipinski definition) is 0. The molecule has 0 amide bonds. The molecule has 22 heavy (non-hydrogen) atoms. The molecule has 5 nitrogen and oxygen atoms in total. The van der Waals surface area contributed by atoms with E-state index >= 15 is 0 Å². The Morgan fingerprint density at radius 3 is 2.91 bits per heavy atom. The van der Waals surface area contributed by atoms with Crippen LogP contribution in [0.5, 0.6) is 5.75 Å². The molecule has 2 aliphatic heterocycles. The summed E-state index contributed by atoms with van der Waals surface area (Å²) in [4.78, 5) is 2.32. The van der Waals surface area contributed by atoms with E-state index in [1.54, 1.807) is 10.4 Å². The summed E-state index contributed by atoms with van der Waals surface area (Å²) in [5.74, 6) is 0.860. The van der Waals surface area contributed by atoms with Crippen LogP contribution in [0.2, 0.25) is 5.02 Å². The molecule has 0 aromatic heterocycles. The summed E-state index contributed by atoms with van der Waals surface area (Å²) in [6, 6.07) is 3.31. The number of hydrogen-bond acceptors (Lipinski definition) is 4. The van der Waals surface area contributed by atoms with Crippen molar-refractivity contribution in [2.24, 2.45) is 5.92 Å². The minimum Gasteiger partial charge on any atom is -0.492 e. The fourth-order valence-corrected chi connectivity index (χ4v) is 5.28. The first-order chi connectivity index (χ1) is 10.4. The average Bonchev–Trinajstić information content (AvgIpc) is 3.05. The zero-order chi connectivity index (χ0) is 15.9. The Morgan fingerprint density at radius 1 is 1.41 bits per heavy atom. The van der Waals surface area contributed by atoms with Crippen LogP contribution in [0.4, 0.5) is 0 Å². The lowest BCUT2D eigenvalue weighted by atomic mass is 10.1. The number of rotatable bonds is 4. The van der Waals surface area contributed by atoms with Crippen molar-refractivity contribution in [2.45, 2.75) is 17.7 Å². The maximum Gasteiger partial charge on any atom is 0.246 e. The maximum atomic E-state index is 13.0. The van der Waals surface area contributed by atoms with Gasteiger partial charge in [0.05, 0.1) is 6.61 Å². The molecular weight excluding hydrogens is 324 g/mol. The molecule has 122 valence electrons. The fraction of sp³-hybridized carbons (Fsp3) is 0.600. The van der Waals surface area contributed by atoms with Gasteiger partial charge >= 0.3 is 0 Å². The van der Waals surface area contributed by atoms with E-state index in [9.17, 15) is 8.42 Å². The van der Waals surface area contributed by atoms with Crippen LogP contribution in [0.3, 0.4) is 0 Å². The number of fused-ring (bicyclic) bond motifs is 1. The molecule has 0 spiro atoms. The molecule has 1 aromatic rings. The lowest BCUT2D eigenvalue weighted by Crippen LogP contribution is -2.31. The lowest BCUT2D eigenvalue weighted by molar-refractivity contribution is 0.328. The minimum absolute atomic E-state index is 0.220. The molecule has 1 aromatic carbocycles. The Bertz CT molecular complexity index is 676. The summed E-state index contributed by atoms with van der Waals surface area (Å²) < 4.78 is 33.0. The van der Waals surface area contributed by atoms with Gasteiger partial charge in [0.25, 0.3) is 0 Å². The third kappa shape index (κ3) is 2.97. The molecule has 0 N–H and O–H groups in total. The van der Waals surface area contributed by atoms with Gasteiger partial charge in [0.15, 0.2) is 0 Å². The van der Waals surface area contributed by atoms with Gasteiger partial charge in [0, 0.05) is 36.6 Å². The van der Waals surface area contributed by atoms with E-state index in [2.05, 4.69) is 4.90 Å². The SMILES string of the molecule is CN(C)C[C@@H]1CCN(S(=O)(=O)c2cc(Cl)cc3c2OCC3)C1. The molecule has 3 rings (SSSR count). The van der Waals surface area contributed by atoms with Gasteiger partial charge in [0.2, 0.25) is 10.0 Å². The number of ether oxygens (including phenoxy) is 1. The second-order valence-electron chi connectivity index (χ2n) is 6.27. The second kappa shape index (κ2) is 6.00. The molecule has 0 unspecified atom stereocenters. The van der Waals surface area contributed by atoms with Crippen molar-refractivity contribution < 1.29 is 13.2 Å². The zero-order valence-electron chi connectivity index (χ0n) is 12.9. The zero-order valence-corrected chi connectivity index (χ0v) is 14.5. The first kappa shape index (κ1) is 16.1. The molecule has 0 radical (unpaired) electrons. The first-order valence-corrected chi connectivity index (χ1v) is 9.30. The van der Waals surface area contributed by atoms with Gasteiger partial charge in [-0.05, 0) is 38.6 Å². The van der Waals surface area contributed by atoms with Crippen LogP contribution in [0.15, 0.2) is 17.0 Å². The standard InChI is InChI=1S/C15H21ClN2O3S/c1-17(2)9-11-3-5-18(10-11)22(19,20)14-8-13(16)7-12-4-6-21-15(12)14/h7-8,11H,3-6,9-10H2,1-2H3/t11-/m0/s1. The van der Waals surface area contributed by atoms with Gasteiger partial charge in [-0.2, -0.15) is 4.31 Å². The van der Waals surface area contributed by atoms with Crippen molar-refractivity contribution in [1.82, 2.24) is 9.21 Å². The van der Waals surface area contributed by atoms with Crippen molar-refractivity contribution in [3.05, 3.63) is 22.7 Å².